The maximum Gasteiger partial charge on any atom is 0.329 e. The molecule has 58 heavy (non-hydrogen) atoms. The first-order chi connectivity index (χ1) is 28.5. The second-order valence-corrected chi connectivity index (χ2v) is 14.6. The molecule has 1 fully saturated rings. The first-order valence-corrected chi connectivity index (χ1v) is 20.1. The topological polar surface area (TPSA) is 111 Å². The molecule has 1 N–H and O–H groups in total. The van der Waals surface area contributed by atoms with Gasteiger partial charge in [0.15, 0.2) is 5.82 Å². The monoisotopic (exact) mass is 766 g/mol. The fraction of sp³-hybridized carbons (Fsp3) is 0.208. The van der Waals surface area contributed by atoms with Gasteiger partial charge in [0.05, 0.1) is 11.9 Å². The molecule has 0 saturated carbocycles. The van der Waals surface area contributed by atoms with E-state index in [2.05, 4.69) is 131 Å². The number of urea groups is 1. The quantitative estimate of drug-likeness (QED) is 0.0634. The van der Waals surface area contributed by atoms with Crippen LogP contribution in [-0.2, 0) is 23.3 Å². The van der Waals surface area contributed by atoms with Crippen LogP contribution >= 0.6 is 0 Å². The number of aromatic nitrogens is 6. The van der Waals surface area contributed by atoms with Gasteiger partial charge in [0.25, 0.3) is 5.91 Å². The summed E-state index contributed by atoms with van der Waals surface area (Å²) in [5.41, 5.74) is 7.24. The Morgan fingerprint density at radius 1 is 0.690 bits per heavy atom. The number of imide groups is 1. The van der Waals surface area contributed by atoms with Crippen LogP contribution in [-0.4, -0.2) is 53.1 Å². The molecule has 2 aromatic heterocycles. The number of nitrogens with zero attached hydrogens (tertiary/aromatic N) is 7. The second kappa shape index (κ2) is 17.1. The molecule has 10 nitrogen and oxygen atoms in total. The molecule has 0 unspecified atom stereocenters. The van der Waals surface area contributed by atoms with E-state index in [0.29, 0.717) is 18.9 Å². The van der Waals surface area contributed by atoms with Gasteiger partial charge in [-0.3, -0.25) is 9.69 Å². The van der Waals surface area contributed by atoms with Crippen molar-refractivity contribution >= 4 is 18.0 Å². The maximum atomic E-state index is 13.2. The van der Waals surface area contributed by atoms with Crippen molar-refractivity contribution in [3.63, 3.8) is 0 Å². The minimum Gasteiger partial charge on any atom is -0.324 e. The Morgan fingerprint density at radius 2 is 1.28 bits per heavy atom. The number of unbranched alkanes of at least 4 members (excludes halogenated alkanes) is 2. The summed E-state index contributed by atoms with van der Waals surface area (Å²) in [5, 5.41) is 16.6. The molecule has 1 saturated heterocycles. The Bertz CT molecular complexity index is 2430. The molecule has 10 heteroatoms. The van der Waals surface area contributed by atoms with Gasteiger partial charge in [-0.05, 0) is 62.7 Å². The Hall–Kier alpha value is -6.94. The van der Waals surface area contributed by atoms with E-state index in [1.807, 2.05) is 41.9 Å². The largest absolute Gasteiger partial charge is 0.329 e. The molecule has 7 aromatic rings. The van der Waals surface area contributed by atoms with Gasteiger partial charge in [0, 0.05) is 25.1 Å². The third-order valence-corrected chi connectivity index (χ3v) is 10.8. The van der Waals surface area contributed by atoms with E-state index >= 15 is 0 Å². The summed E-state index contributed by atoms with van der Waals surface area (Å²) < 4.78 is 4.11. The summed E-state index contributed by atoms with van der Waals surface area (Å²) in [6.07, 6.45) is 8.03. The lowest BCUT2D eigenvalue weighted by molar-refractivity contribution is -0.122. The van der Waals surface area contributed by atoms with Gasteiger partial charge >= 0.3 is 6.03 Å². The molecule has 0 aliphatic carbocycles. The predicted molar refractivity (Wildman–Crippen MR) is 226 cm³/mol. The van der Waals surface area contributed by atoms with Crippen molar-refractivity contribution in [1.82, 2.24) is 40.0 Å². The Balaban J connectivity index is 1.16. The van der Waals surface area contributed by atoms with E-state index in [0.717, 1.165) is 82.6 Å². The number of hydrogen-bond acceptors (Lipinski definition) is 6. The summed E-state index contributed by atoms with van der Waals surface area (Å²) in [7, 11) is 0. The van der Waals surface area contributed by atoms with Gasteiger partial charge < -0.3 is 9.88 Å². The summed E-state index contributed by atoms with van der Waals surface area (Å²) in [4.78, 5) is 31.9. The third kappa shape index (κ3) is 7.25. The second-order valence-electron chi connectivity index (χ2n) is 14.6. The lowest BCUT2D eigenvalue weighted by atomic mass is 9.77. The number of hydrogen-bond donors (Lipinski definition) is 1. The average molecular weight is 767 g/mol. The molecule has 1 aliphatic rings. The van der Waals surface area contributed by atoms with E-state index in [1.165, 1.54) is 4.90 Å². The van der Waals surface area contributed by atoms with E-state index in [9.17, 15) is 9.59 Å². The van der Waals surface area contributed by atoms with Gasteiger partial charge in [-0.2, -0.15) is 0 Å². The van der Waals surface area contributed by atoms with Crippen LogP contribution in [0.25, 0.3) is 28.6 Å². The van der Waals surface area contributed by atoms with Crippen LogP contribution in [0.4, 0.5) is 4.79 Å². The number of aryl methyl sites for hydroxylation is 1. The van der Waals surface area contributed by atoms with Crippen molar-refractivity contribution in [3.05, 3.63) is 185 Å². The predicted octanol–water partition coefficient (Wildman–Crippen LogP) is 9.13. The van der Waals surface area contributed by atoms with Crippen LogP contribution in [0.3, 0.4) is 0 Å². The SMILES string of the molecule is CCCCc1ncc(C=C2NC(=O)N(CCCC)C2=O)n1Cc1ccc(-c2ccccc2-c2nnnn2C(c2ccccc2)(c2ccccc2)c2ccccc2)cc1. The van der Waals surface area contributed by atoms with E-state index in [-0.39, 0.29) is 17.6 Å². The molecule has 0 radical (unpaired) electrons. The molecule has 3 heterocycles. The lowest BCUT2D eigenvalue weighted by Crippen LogP contribution is -2.39. The van der Waals surface area contributed by atoms with Crippen LogP contribution in [0.15, 0.2) is 151 Å². The summed E-state index contributed by atoms with van der Waals surface area (Å²) in [6.45, 7) is 5.15. The highest BCUT2D eigenvalue weighted by molar-refractivity contribution is 6.13. The van der Waals surface area contributed by atoms with Gasteiger partial charge in [0.1, 0.15) is 17.1 Å². The normalized spacial score (nSPS) is 13.7. The standard InChI is InChI=1S/C48H46N8O2/c1-3-5-26-44-49-33-40(32-43-46(57)54(31-6-4-2)47(58)50-43)55(44)34-35-27-29-36(30-28-35)41-24-16-17-25-42(41)45-51-52-53-56(45)48(37-18-10-7-11-19-37,38-20-12-8-13-21-38)39-22-14-9-15-23-39/h7-25,27-30,32-33H,3-6,26,31,34H2,1-2H3,(H,50,58). The van der Waals surface area contributed by atoms with E-state index in [1.54, 1.807) is 12.3 Å². The average Bonchev–Trinajstić information content (AvgIpc) is 3.98. The number of benzene rings is 5. The number of carbonyl (C=O) groups is 2. The van der Waals surface area contributed by atoms with Gasteiger partial charge in [-0.15, -0.1) is 5.10 Å². The Labute approximate surface area is 338 Å². The highest BCUT2D eigenvalue weighted by Crippen LogP contribution is 2.43. The van der Waals surface area contributed by atoms with Crippen LogP contribution in [0.5, 0.6) is 0 Å². The first kappa shape index (κ1) is 38.0. The summed E-state index contributed by atoms with van der Waals surface area (Å²) >= 11 is 0. The van der Waals surface area contributed by atoms with Crippen molar-refractivity contribution in [3.8, 4) is 22.5 Å². The van der Waals surface area contributed by atoms with Gasteiger partial charge in [-0.25, -0.2) is 14.5 Å². The zero-order valence-electron chi connectivity index (χ0n) is 32.8. The van der Waals surface area contributed by atoms with Crippen molar-refractivity contribution in [2.24, 2.45) is 0 Å². The molecular formula is C48H46N8O2. The van der Waals surface area contributed by atoms with Crippen LogP contribution < -0.4 is 5.32 Å². The van der Waals surface area contributed by atoms with Crippen LogP contribution in [0.1, 0.15) is 73.3 Å². The molecule has 0 atom stereocenters. The number of carbonyl (C=O) groups excluding carboxylic acids is 2. The molecule has 5 aromatic carbocycles. The molecular weight excluding hydrogens is 721 g/mol. The molecule has 3 amide bonds. The fourth-order valence-corrected chi connectivity index (χ4v) is 7.89. The highest BCUT2D eigenvalue weighted by atomic mass is 16.2. The smallest absolute Gasteiger partial charge is 0.324 e. The maximum absolute atomic E-state index is 13.2. The zero-order chi connectivity index (χ0) is 39.9. The zero-order valence-corrected chi connectivity index (χ0v) is 32.8. The Morgan fingerprint density at radius 3 is 1.88 bits per heavy atom. The number of amides is 3. The van der Waals surface area contributed by atoms with E-state index in [4.69, 9.17) is 15.3 Å². The molecule has 290 valence electrons. The lowest BCUT2D eigenvalue weighted by Gasteiger charge is -2.36. The van der Waals surface area contributed by atoms with E-state index < -0.39 is 5.54 Å². The van der Waals surface area contributed by atoms with Crippen molar-refractivity contribution in [2.45, 2.75) is 58.0 Å². The van der Waals surface area contributed by atoms with Gasteiger partial charge in [0.2, 0.25) is 0 Å². The summed E-state index contributed by atoms with van der Waals surface area (Å²) in [6, 6.07) is 47.6. The highest BCUT2D eigenvalue weighted by Gasteiger charge is 2.42. The van der Waals surface area contributed by atoms with Crippen LogP contribution in [0, 0.1) is 0 Å². The van der Waals surface area contributed by atoms with Crippen molar-refractivity contribution < 1.29 is 9.59 Å². The molecule has 0 spiro atoms. The minimum atomic E-state index is -0.882. The minimum absolute atomic E-state index is 0.273. The van der Waals surface area contributed by atoms with Crippen molar-refractivity contribution in [2.75, 3.05) is 6.54 Å². The fourth-order valence-electron chi connectivity index (χ4n) is 7.89. The number of tetrazole rings is 1. The third-order valence-electron chi connectivity index (χ3n) is 10.8. The van der Waals surface area contributed by atoms with Crippen molar-refractivity contribution in [1.29, 1.82) is 0 Å². The van der Waals surface area contributed by atoms with Gasteiger partial charge in [-0.1, -0.05) is 166 Å². The molecule has 8 rings (SSSR count). The number of nitrogens with one attached hydrogen (secondary N) is 1. The summed E-state index contributed by atoms with van der Waals surface area (Å²) in [5.74, 6) is 1.27. The van der Waals surface area contributed by atoms with Crippen LogP contribution in [0.2, 0.25) is 0 Å². The molecule has 0 bridgehead atoms. The number of imidazole rings is 1. The molecule has 1 aliphatic heterocycles. The number of rotatable bonds is 15. The first-order valence-electron chi connectivity index (χ1n) is 20.1. The Kier molecular flexibility index (Phi) is 11.2.